The summed E-state index contributed by atoms with van der Waals surface area (Å²) in [6, 6.07) is 9.51. The molecule has 17 heavy (non-hydrogen) atoms. The minimum atomic E-state index is 0.462. The van der Waals surface area contributed by atoms with Gasteiger partial charge in [0.15, 0.2) is 0 Å². The molecule has 1 aromatic carbocycles. The fraction of sp³-hybridized carbons (Fsp3) is 0.167. The van der Waals surface area contributed by atoms with E-state index in [0.717, 1.165) is 21.5 Å². The number of benzene rings is 1. The number of halogens is 1. The van der Waals surface area contributed by atoms with Crippen LogP contribution >= 0.6 is 15.9 Å². The highest BCUT2D eigenvalue weighted by molar-refractivity contribution is 9.10. The molecule has 5 heteroatoms. The topological polar surface area (TPSA) is 44.2 Å². The molecule has 0 aliphatic rings. The molecule has 0 N–H and O–H groups in total. The molecular weight excluding hydrogens is 284 g/mol. The predicted octanol–water partition coefficient (Wildman–Crippen LogP) is 2.92. The third kappa shape index (κ3) is 2.39. The number of para-hydroxylation sites is 1. The van der Waals surface area contributed by atoms with Crippen LogP contribution in [0.3, 0.4) is 0 Å². The lowest BCUT2D eigenvalue weighted by atomic mass is 10.1. The first-order chi connectivity index (χ1) is 8.26. The molecule has 0 atom stereocenters. The highest BCUT2D eigenvalue weighted by atomic mass is 79.9. The van der Waals surface area contributed by atoms with Crippen molar-refractivity contribution in [3.63, 3.8) is 0 Å². The first kappa shape index (κ1) is 11.9. The zero-order chi connectivity index (χ0) is 12.3. The minimum absolute atomic E-state index is 0.462. The van der Waals surface area contributed by atoms with E-state index in [1.165, 1.54) is 0 Å². The lowest BCUT2D eigenvalue weighted by molar-refractivity contribution is 0.389. The van der Waals surface area contributed by atoms with E-state index < -0.39 is 0 Å². The quantitative estimate of drug-likeness (QED) is 0.873. The summed E-state index contributed by atoms with van der Waals surface area (Å²) in [4.78, 5) is 0. The molecule has 0 saturated carbocycles. The molecule has 0 aliphatic carbocycles. The molecule has 0 spiro atoms. The summed E-state index contributed by atoms with van der Waals surface area (Å²) in [5.41, 5.74) is 1.63. The minimum Gasteiger partial charge on any atom is -0.496 e. The van der Waals surface area contributed by atoms with E-state index in [2.05, 4.69) is 26.1 Å². The molecule has 0 saturated heterocycles. The van der Waals surface area contributed by atoms with E-state index in [0.29, 0.717) is 5.88 Å². The summed E-state index contributed by atoms with van der Waals surface area (Å²) in [6.45, 7) is 0. The van der Waals surface area contributed by atoms with Crippen LogP contribution in [0.15, 0.2) is 34.8 Å². The summed E-state index contributed by atoms with van der Waals surface area (Å²) in [6.07, 6.45) is 0. The molecule has 2 aromatic rings. The number of nitrogens with zero attached hydrogens (tertiary/aromatic N) is 2. The number of rotatable bonds is 3. The van der Waals surface area contributed by atoms with Crippen molar-refractivity contribution < 1.29 is 9.47 Å². The Morgan fingerprint density at radius 1 is 1.06 bits per heavy atom. The Kier molecular flexibility index (Phi) is 3.58. The number of methoxy groups -OCH3 is 2. The van der Waals surface area contributed by atoms with Gasteiger partial charge in [-0.3, -0.25) is 0 Å². The van der Waals surface area contributed by atoms with E-state index in [1.807, 2.05) is 30.3 Å². The molecule has 0 unspecified atom stereocenters. The number of hydrogen-bond donors (Lipinski definition) is 0. The van der Waals surface area contributed by atoms with E-state index in [1.54, 1.807) is 14.2 Å². The van der Waals surface area contributed by atoms with Gasteiger partial charge in [0.25, 0.3) is 0 Å². The monoisotopic (exact) mass is 294 g/mol. The zero-order valence-electron chi connectivity index (χ0n) is 9.48. The molecule has 1 heterocycles. The lowest BCUT2D eigenvalue weighted by Gasteiger charge is -2.08. The second kappa shape index (κ2) is 5.14. The Hall–Kier alpha value is -1.62. The van der Waals surface area contributed by atoms with Gasteiger partial charge in [0.2, 0.25) is 5.88 Å². The summed E-state index contributed by atoms with van der Waals surface area (Å²) in [5.74, 6) is 1.22. The zero-order valence-corrected chi connectivity index (χ0v) is 11.1. The van der Waals surface area contributed by atoms with Gasteiger partial charge in [0.05, 0.1) is 24.4 Å². The SMILES string of the molecule is COc1ccccc1-c1cc(Br)c(OC)nn1. The average molecular weight is 295 g/mol. The Bertz CT molecular complexity index is 532. The van der Waals surface area contributed by atoms with E-state index in [4.69, 9.17) is 9.47 Å². The van der Waals surface area contributed by atoms with Crippen molar-refractivity contribution >= 4 is 15.9 Å². The van der Waals surface area contributed by atoms with Crippen LogP contribution in [0.2, 0.25) is 0 Å². The highest BCUT2D eigenvalue weighted by Gasteiger charge is 2.10. The number of ether oxygens (including phenoxy) is 2. The fourth-order valence-electron chi connectivity index (χ4n) is 1.48. The van der Waals surface area contributed by atoms with Gasteiger partial charge >= 0.3 is 0 Å². The molecule has 1 aromatic heterocycles. The Morgan fingerprint density at radius 2 is 1.82 bits per heavy atom. The first-order valence-corrected chi connectivity index (χ1v) is 5.76. The Balaban J connectivity index is 2.49. The van der Waals surface area contributed by atoms with Crippen LogP contribution < -0.4 is 9.47 Å². The van der Waals surface area contributed by atoms with Crippen molar-refractivity contribution in [2.45, 2.75) is 0 Å². The summed E-state index contributed by atoms with van der Waals surface area (Å²) in [5, 5.41) is 8.08. The van der Waals surface area contributed by atoms with E-state index in [9.17, 15) is 0 Å². The van der Waals surface area contributed by atoms with Gasteiger partial charge < -0.3 is 9.47 Å². The molecule has 0 fully saturated rings. The lowest BCUT2D eigenvalue weighted by Crippen LogP contribution is -1.95. The molecule has 0 amide bonds. The highest BCUT2D eigenvalue weighted by Crippen LogP contribution is 2.31. The van der Waals surface area contributed by atoms with Crippen LogP contribution in [0.5, 0.6) is 11.6 Å². The third-order valence-corrected chi connectivity index (χ3v) is 2.86. The van der Waals surface area contributed by atoms with Gasteiger partial charge in [-0.1, -0.05) is 12.1 Å². The molecule has 2 rings (SSSR count). The van der Waals surface area contributed by atoms with Crippen molar-refractivity contribution in [1.29, 1.82) is 0 Å². The van der Waals surface area contributed by atoms with Crippen molar-refractivity contribution in [3.05, 3.63) is 34.8 Å². The summed E-state index contributed by atoms with van der Waals surface area (Å²) < 4.78 is 11.1. The van der Waals surface area contributed by atoms with Crippen molar-refractivity contribution in [2.24, 2.45) is 0 Å². The number of hydrogen-bond acceptors (Lipinski definition) is 4. The maximum absolute atomic E-state index is 5.28. The van der Waals surface area contributed by atoms with Gasteiger partial charge in [-0.25, -0.2) is 0 Å². The smallest absolute Gasteiger partial charge is 0.247 e. The van der Waals surface area contributed by atoms with Gasteiger partial charge in [-0.2, -0.15) is 0 Å². The molecular formula is C12H11BrN2O2. The van der Waals surface area contributed by atoms with Crippen LogP contribution in [0.4, 0.5) is 0 Å². The van der Waals surface area contributed by atoms with Gasteiger partial charge in [0, 0.05) is 5.56 Å². The molecule has 88 valence electrons. The molecule has 0 bridgehead atoms. The van der Waals surface area contributed by atoms with Crippen molar-refractivity contribution in [3.8, 4) is 22.9 Å². The normalized spacial score (nSPS) is 10.1. The van der Waals surface area contributed by atoms with Crippen molar-refractivity contribution in [1.82, 2.24) is 10.2 Å². The molecule has 4 nitrogen and oxygen atoms in total. The first-order valence-electron chi connectivity index (χ1n) is 4.97. The van der Waals surface area contributed by atoms with E-state index >= 15 is 0 Å². The fourth-order valence-corrected chi connectivity index (χ4v) is 1.94. The van der Waals surface area contributed by atoms with Crippen LogP contribution in [-0.4, -0.2) is 24.4 Å². The second-order valence-electron chi connectivity index (χ2n) is 3.29. The van der Waals surface area contributed by atoms with Crippen LogP contribution in [0, 0.1) is 0 Å². The van der Waals surface area contributed by atoms with Gasteiger partial charge in [0.1, 0.15) is 5.75 Å². The van der Waals surface area contributed by atoms with Crippen molar-refractivity contribution in [2.75, 3.05) is 14.2 Å². The van der Waals surface area contributed by atoms with E-state index in [-0.39, 0.29) is 0 Å². The average Bonchev–Trinajstić information content (AvgIpc) is 2.38. The predicted molar refractivity (Wildman–Crippen MR) is 68.3 cm³/mol. The second-order valence-corrected chi connectivity index (χ2v) is 4.14. The van der Waals surface area contributed by atoms with Crippen LogP contribution in [0.1, 0.15) is 0 Å². The summed E-state index contributed by atoms with van der Waals surface area (Å²) >= 11 is 3.38. The third-order valence-electron chi connectivity index (χ3n) is 2.29. The Morgan fingerprint density at radius 3 is 2.47 bits per heavy atom. The van der Waals surface area contributed by atoms with Crippen LogP contribution in [-0.2, 0) is 0 Å². The van der Waals surface area contributed by atoms with Crippen LogP contribution in [0.25, 0.3) is 11.3 Å². The molecule has 0 radical (unpaired) electrons. The largest absolute Gasteiger partial charge is 0.496 e. The maximum Gasteiger partial charge on any atom is 0.247 e. The standard InChI is InChI=1S/C12H11BrN2O2/c1-16-11-6-4-3-5-8(11)10-7-9(13)12(17-2)15-14-10/h3-7H,1-2H3. The van der Waals surface area contributed by atoms with Gasteiger partial charge in [-0.05, 0) is 34.1 Å². The summed E-state index contributed by atoms with van der Waals surface area (Å²) in [7, 11) is 3.18. The maximum atomic E-state index is 5.28. The molecule has 0 aliphatic heterocycles. The Labute approximate surface area is 108 Å². The van der Waals surface area contributed by atoms with Gasteiger partial charge in [-0.15, -0.1) is 10.2 Å². The number of aromatic nitrogens is 2.